The van der Waals surface area contributed by atoms with Crippen LogP contribution in [-0.2, 0) is 24.2 Å². The average Bonchev–Trinajstić information content (AvgIpc) is 2.79. The van der Waals surface area contributed by atoms with Gasteiger partial charge in [0.05, 0.1) is 19.1 Å². The Morgan fingerprint density at radius 2 is 1.64 bits per heavy atom. The minimum Gasteiger partial charge on any atom is -0.444 e. The lowest BCUT2D eigenvalue weighted by Gasteiger charge is -2.25. The number of halogens is 3. The van der Waals surface area contributed by atoms with E-state index >= 15 is 0 Å². The van der Waals surface area contributed by atoms with Crippen molar-refractivity contribution in [2.45, 2.75) is 58.8 Å². The third-order valence-corrected chi connectivity index (χ3v) is 6.36. The number of hydrogen-bond acceptors (Lipinski definition) is 4. The van der Waals surface area contributed by atoms with Gasteiger partial charge in [-0.3, -0.25) is 13.9 Å². The summed E-state index contributed by atoms with van der Waals surface area (Å²) in [7, 11) is 0. The van der Waals surface area contributed by atoms with Gasteiger partial charge in [-0.1, -0.05) is 36.4 Å². The van der Waals surface area contributed by atoms with Crippen LogP contribution < -0.4 is 16.6 Å². The Bertz CT molecular complexity index is 1340. The highest BCUT2D eigenvalue weighted by Gasteiger charge is 2.24. The summed E-state index contributed by atoms with van der Waals surface area (Å²) in [6.45, 7) is 6.08. The number of aromatic nitrogens is 2. The van der Waals surface area contributed by atoms with Crippen LogP contribution in [0.25, 0.3) is 0 Å². The van der Waals surface area contributed by atoms with Gasteiger partial charge in [0.2, 0.25) is 0 Å². The molecule has 1 aromatic heterocycles. The Balaban J connectivity index is 2.02. The van der Waals surface area contributed by atoms with E-state index in [1.807, 2.05) is 30.3 Å². The molecule has 1 atom stereocenters. The molecule has 192 valence electrons. The van der Waals surface area contributed by atoms with Crippen molar-refractivity contribution in [3.8, 4) is 0 Å². The molecule has 3 rings (SSSR count). The maximum atomic E-state index is 14.3. The molecule has 0 radical (unpaired) electrons. The lowest BCUT2D eigenvalue weighted by Crippen LogP contribution is -2.49. The predicted octanol–water partition coefficient (Wildman–Crippen LogP) is 4.54. The number of nitrogens with zero attached hydrogens (tertiary/aromatic N) is 2. The van der Waals surface area contributed by atoms with E-state index in [1.54, 1.807) is 20.8 Å². The van der Waals surface area contributed by atoms with Crippen LogP contribution in [-0.4, -0.2) is 26.9 Å². The first kappa shape index (κ1) is 27.3. The number of nitrogens with one attached hydrogen (secondary N) is 1. The van der Waals surface area contributed by atoms with E-state index in [4.69, 9.17) is 4.74 Å². The zero-order valence-corrected chi connectivity index (χ0v) is 22.1. The summed E-state index contributed by atoms with van der Waals surface area (Å²) >= 11 is 3.22. The number of rotatable bonds is 7. The number of benzene rings is 2. The fourth-order valence-corrected chi connectivity index (χ4v) is 4.14. The molecular weight excluding hydrogens is 536 g/mol. The molecule has 0 fully saturated rings. The predicted molar refractivity (Wildman–Crippen MR) is 136 cm³/mol. The zero-order chi connectivity index (χ0) is 26.6. The van der Waals surface area contributed by atoms with Gasteiger partial charge in [0.25, 0.3) is 5.56 Å². The molecule has 0 spiro atoms. The summed E-state index contributed by atoms with van der Waals surface area (Å²) in [5.74, 6) is -1.60. The van der Waals surface area contributed by atoms with Gasteiger partial charge in [0.1, 0.15) is 21.7 Å². The Hall–Kier alpha value is -3.27. The minimum absolute atomic E-state index is 0.0783. The molecular formula is C26H28BrF2N3O4. The van der Waals surface area contributed by atoms with Crippen molar-refractivity contribution < 1.29 is 18.3 Å². The van der Waals surface area contributed by atoms with Gasteiger partial charge in [0.15, 0.2) is 0 Å². The molecule has 0 aliphatic rings. The number of ether oxygens (including phenoxy) is 1. The molecule has 0 aliphatic carbocycles. The van der Waals surface area contributed by atoms with E-state index in [9.17, 15) is 23.2 Å². The van der Waals surface area contributed by atoms with Crippen molar-refractivity contribution in [3.63, 3.8) is 0 Å². The topological polar surface area (TPSA) is 82.3 Å². The van der Waals surface area contributed by atoms with E-state index < -0.39 is 47.2 Å². The van der Waals surface area contributed by atoms with Gasteiger partial charge in [-0.2, -0.15) is 0 Å². The molecule has 1 heterocycles. The fraction of sp³-hybridized carbons (Fsp3) is 0.346. The average molecular weight is 564 g/mol. The Kier molecular flexibility index (Phi) is 8.50. The van der Waals surface area contributed by atoms with Crippen molar-refractivity contribution in [1.82, 2.24) is 14.5 Å². The highest BCUT2D eigenvalue weighted by molar-refractivity contribution is 9.10. The van der Waals surface area contributed by atoms with E-state index in [-0.39, 0.29) is 22.3 Å². The molecule has 3 aromatic rings. The summed E-state index contributed by atoms with van der Waals surface area (Å²) < 4.78 is 36.1. The summed E-state index contributed by atoms with van der Waals surface area (Å²) in [4.78, 5) is 39.0. The first-order valence-corrected chi connectivity index (χ1v) is 12.1. The van der Waals surface area contributed by atoms with Crippen LogP contribution in [0.3, 0.4) is 0 Å². The molecule has 1 amide bonds. The van der Waals surface area contributed by atoms with E-state index in [0.29, 0.717) is 6.42 Å². The lowest BCUT2D eigenvalue weighted by atomic mass is 10.1. The van der Waals surface area contributed by atoms with Crippen LogP contribution >= 0.6 is 15.9 Å². The third-order valence-electron chi connectivity index (χ3n) is 5.44. The molecule has 1 N–H and O–H groups in total. The first-order chi connectivity index (χ1) is 16.9. The SMILES string of the molecule is Cc1c(Br)c(=O)n(C[C@H](Cc2ccccc2)NC(=O)OC(C)(C)C)c(=O)n1Cc1c(F)cccc1F. The largest absolute Gasteiger partial charge is 0.444 e. The highest BCUT2D eigenvalue weighted by atomic mass is 79.9. The van der Waals surface area contributed by atoms with E-state index in [2.05, 4.69) is 21.2 Å². The van der Waals surface area contributed by atoms with Crippen molar-refractivity contribution in [1.29, 1.82) is 0 Å². The Labute approximate surface area is 215 Å². The highest BCUT2D eigenvalue weighted by Crippen LogP contribution is 2.16. The maximum Gasteiger partial charge on any atom is 0.407 e. The first-order valence-electron chi connectivity index (χ1n) is 11.3. The van der Waals surface area contributed by atoms with Crippen LogP contribution in [0.1, 0.15) is 37.6 Å². The molecule has 0 saturated heterocycles. The number of carbonyl (C=O) groups is 1. The molecule has 7 nitrogen and oxygen atoms in total. The number of alkyl carbamates (subject to hydrolysis) is 1. The molecule has 2 aromatic carbocycles. The fourth-order valence-electron chi connectivity index (χ4n) is 3.71. The monoisotopic (exact) mass is 563 g/mol. The standard InChI is InChI=1S/C26H28BrF2N3O4/c1-16-22(27)23(33)32(25(35)31(16)15-19-20(28)11-8-12-21(19)29)14-18(13-17-9-6-5-7-10-17)30-24(34)36-26(2,3)4/h5-12,18H,13-15H2,1-4H3,(H,30,34)/t18-/m0/s1. The van der Waals surface area contributed by atoms with Crippen LogP contribution in [0.2, 0.25) is 0 Å². The Morgan fingerprint density at radius 1 is 1.03 bits per heavy atom. The van der Waals surface area contributed by atoms with Crippen LogP contribution in [0.4, 0.5) is 13.6 Å². The quantitative estimate of drug-likeness (QED) is 0.457. The summed E-state index contributed by atoms with van der Waals surface area (Å²) in [5.41, 5.74) is -1.33. The van der Waals surface area contributed by atoms with Gasteiger partial charge in [0, 0.05) is 11.3 Å². The molecule has 0 aliphatic heterocycles. The van der Waals surface area contributed by atoms with Gasteiger partial charge in [-0.25, -0.2) is 18.4 Å². The van der Waals surface area contributed by atoms with Crippen LogP contribution in [0.5, 0.6) is 0 Å². The van der Waals surface area contributed by atoms with Crippen LogP contribution in [0, 0.1) is 18.6 Å². The lowest BCUT2D eigenvalue weighted by molar-refractivity contribution is 0.0498. The smallest absolute Gasteiger partial charge is 0.407 e. The van der Waals surface area contributed by atoms with Crippen molar-refractivity contribution in [3.05, 3.63) is 102 Å². The second kappa shape index (κ2) is 11.2. The second-order valence-corrected chi connectivity index (χ2v) is 10.2. The number of hydrogen-bond donors (Lipinski definition) is 1. The zero-order valence-electron chi connectivity index (χ0n) is 20.5. The van der Waals surface area contributed by atoms with Crippen molar-refractivity contribution >= 4 is 22.0 Å². The minimum atomic E-state index is -0.802. The summed E-state index contributed by atoms with van der Waals surface area (Å²) in [5, 5.41) is 2.74. The van der Waals surface area contributed by atoms with Gasteiger partial charge >= 0.3 is 11.8 Å². The summed E-state index contributed by atoms with van der Waals surface area (Å²) in [6, 6.07) is 12.0. The van der Waals surface area contributed by atoms with E-state index in [1.165, 1.54) is 13.0 Å². The molecule has 0 saturated carbocycles. The van der Waals surface area contributed by atoms with Gasteiger partial charge < -0.3 is 10.1 Å². The summed E-state index contributed by atoms with van der Waals surface area (Å²) in [6.07, 6.45) is -0.393. The second-order valence-electron chi connectivity index (χ2n) is 9.42. The third kappa shape index (κ3) is 6.69. The maximum absolute atomic E-state index is 14.3. The number of amides is 1. The van der Waals surface area contributed by atoms with Crippen molar-refractivity contribution in [2.75, 3.05) is 0 Å². The van der Waals surface area contributed by atoms with Gasteiger partial charge in [-0.05, 0) is 67.7 Å². The molecule has 0 bridgehead atoms. The molecule has 10 heteroatoms. The van der Waals surface area contributed by atoms with E-state index in [0.717, 1.165) is 26.8 Å². The molecule has 0 unspecified atom stereocenters. The van der Waals surface area contributed by atoms with Crippen molar-refractivity contribution in [2.24, 2.45) is 0 Å². The Morgan fingerprint density at radius 3 is 2.22 bits per heavy atom. The normalized spacial score (nSPS) is 12.3. The molecule has 36 heavy (non-hydrogen) atoms. The van der Waals surface area contributed by atoms with Gasteiger partial charge in [-0.15, -0.1) is 0 Å². The number of carbonyl (C=O) groups excluding carboxylic acids is 1. The van der Waals surface area contributed by atoms with Crippen LogP contribution in [0.15, 0.2) is 62.6 Å².